The third kappa shape index (κ3) is 4.18. The number of carbonyl (C=O) groups is 2. The number of nitrogens with zero attached hydrogens (tertiary/aromatic N) is 1. The maximum atomic E-state index is 11.8. The predicted molar refractivity (Wildman–Crippen MR) is 63.7 cm³/mol. The monoisotopic (exact) mass is 229 g/mol. The van der Waals surface area contributed by atoms with Crippen LogP contribution in [0.1, 0.15) is 27.7 Å². The predicted octanol–water partition coefficient (Wildman–Crippen LogP) is -0.0473. The summed E-state index contributed by atoms with van der Waals surface area (Å²) in [6, 6.07) is -0.523. The van der Waals surface area contributed by atoms with Crippen LogP contribution in [0, 0.1) is 5.92 Å². The van der Waals surface area contributed by atoms with E-state index in [0.717, 1.165) is 0 Å². The Kier molecular flexibility index (Phi) is 4.93. The highest BCUT2D eigenvalue weighted by Gasteiger charge is 2.30. The summed E-state index contributed by atoms with van der Waals surface area (Å²) >= 11 is 0. The van der Waals surface area contributed by atoms with Gasteiger partial charge >= 0.3 is 0 Å². The minimum atomic E-state index is -0.972. The number of likely N-dealkylation sites (N-methyl/N-ethyl adjacent to an activating group) is 1. The average Bonchev–Trinajstić information content (AvgIpc) is 2.10. The molecular formula is C11H23N3O2. The number of amides is 2. The molecule has 2 amide bonds. The fourth-order valence-electron chi connectivity index (χ4n) is 1.12. The fraction of sp³-hybridized carbons (Fsp3) is 0.818. The summed E-state index contributed by atoms with van der Waals surface area (Å²) in [5.41, 5.74) is 4.69. The first kappa shape index (κ1) is 14.9. The van der Waals surface area contributed by atoms with Crippen molar-refractivity contribution < 1.29 is 9.59 Å². The number of rotatable bonds is 4. The van der Waals surface area contributed by atoms with Crippen molar-refractivity contribution in [2.45, 2.75) is 39.3 Å². The summed E-state index contributed by atoms with van der Waals surface area (Å²) in [5.74, 6) is -0.407. The van der Waals surface area contributed by atoms with Crippen LogP contribution in [-0.2, 0) is 9.59 Å². The summed E-state index contributed by atoms with van der Waals surface area (Å²) in [5, 5.41) is 2.68. The summed E-state index contributed by atoms with van der Waals surface area (Å²) in [7, 11) is 3.33. The van der Waals surface area contributed by atoms with E-state index in [1.54, 1.807) is 27.9 Å². The molecule has 5 heteroatoms. The van der Waals surface area contributed by atoms with E-state index in [-0.39, 0.29) is 17.7 Å². The molecule has 0 aromatic carbocycles. The highest BCUT2D eigenvalue weighted by molar-refractivity contribution is 5.91. The molecule has 0 fully saturated rings. The van der Waals surface area contributed by atoms with Crippen LogP contribution >= 0.6 is 0 Å². The van der Waals surface area contributed by atoms with Crippen molar-refractivity contribution in [3.8, 4) is 0 Å². The highest BCUT2D eigenvalue weighted by Crippen LogP contribution is 2.06. The molecule has 0 aliphatic carbocycles. The molecule has 1 atom stereocenters. The van der Waals surface area contributed by atoms with E-state index in [2.05, 4.69) is 5.32 Å². The lowest BCUT2D eigenvalue weighted by Gasteiger charge is -2.28. The molecule has 0 aliphatic heterocycles. The molecule has 0 aromatic rings. The Morgan fingerprint density at radius 2 is 1.69 bits per heavy atom. The Labute approximate surface area is 97.4 Å². The molecule has 0 aliphatic rings. The van der Waals surface area contributed by atoms with Gasteiger partial charge in [0.25, 0.3) is 0 Å². The Morgan fingerprint density at radius 3 is 1.94 bits per heavy atom. The summed E-state index contributed by atoms with van der Waals surface area (Å²) < 4.78 is 0. The lowest BCUT2D eigenvalue weighted by molar-refractivity contribution is -0.136. The third-order valence-corrected chi connectivity index (χ3v) is 2.25. The standard InChI is InChI=1S/C11H23N3O2/c1-7(2)8(9(15)14(5)6)13-10(16)11(3,4)12/h7-8H,12H2,1-6H3,(H,13,16)/t8-/m0/s1. The number of nitrogens with one attached hydrogen (secondary N) is 1. The molecule has 0 saturated heterocycles. The fourth-order valence-corrected chi connectivity index (χ4v) is 1.12. The minimum Gasteiger partial charge on any atom is -0.347 e. The van der Waals surface area contributed by atoms with Crippen LogP contribution in [0.3, 0.4) is 0 Å². The first-order valence-corrected chi connectivity index (χ1v) is 5.38. The maximum Gasteiger partial charge on any atom is 0.244 e. The number of carbonyl (C=O) groups excluding carboxylic acids is 2. The van der Waals surface area contributed by atoms with E-state index < -0.39 is 11.6 Å². The summed E-state index contributed by atoms with van der Waals surface area (Å²) in [6.07, 6.45) is 0. The van der Waals surface area contributed by atoms with Crippen molar-refractivity contribution in [3.63, 3.8) is 0 Å². The van der Waals surface area contributed by atoms with E-state index in [0.29, 0.717) is 0 Å². The van der Waals surface area contributed by atoms with Crippen LogP contribution in [0.25, 0.3) is 0 Å². The van der Waals surface area contributed by atoms with Gasteiger partial charge in [-0.25, -0.2) is 0 Å². The Hall–Kier alpha value is -1.10. The van der Waals surface area contributed by atoms with E-state index >= 15 is 0 Å². The molecule has 0 radical (unpaired) electrons. The zero-order chi connectivity index (χ0) is 13.1. The van der Waals surface area contributed by atoms with Crippen LogP contribution < -0.4 is 11.1 Å². The van der Waals surface area contributed by atoms with Crippen LogP contribution in [-0.4, -0.2) is 42.4 Å². The molecule has 3 N–H and O–H groups in total. The molecule has 0 saturated carbocycles. The van der Waals surface area contributed by atoms with Gasteiger partial charge in [0.2, 0.25) is 11.8 Å². The highest BCUT2D eigenvalue weighted by atomic mass is 16.2. The zero-order valence-corrected chi connectivity index (χ0v) is 11.0. The lowest BCUT2D eigenvalue weighted by Crippen LogP contribution is -2.57. The van der Waals surface area contributed by atoms with Gasteiger partial charge in [0, 0.05) is 14.1 Å². The van der Waals surface area contributed by atoms with Gasteiger partial charge in [-0.1, -0.05) is 13.8 Å². The second-order valence-corrected chi connectivity index (χ2v) is 5.15. The van der Waals surface area contributed by atoms with Crippen molar-refractivity contribution in [3.05, 3.63) is 0 Å². The van der Waals surface area contributed by atoms with E-state index in [9.17, 15) is 9.59 Å². The van der Waals surface area contributed by atoms with Gasteiger partial charge < -0.3 is 16.0 Å². The first-order chi connectivity index (χ1) is 7.07. The van der Waals surface area contributed by atoms with E-state index in [1.807, 2.05) is 13.8 Å². The van der Waals surface area contributed by atoms with Gasteiger partial charge in [0.1, 0.15) is 6.04 Å². The Morgan fingerprint density at radius 1 is 1.25 bits per heavy atom. The minimum absolute atomic E-state index is 0.0289. The Balaban J connectivity index is 4.72. The van der Waals surface area contributed by atoms with Crippen LogP contribution in [0.4, 0.5) is 0 Å². The topological polar surface area (TPSA) is 75.4 Å². The largest absolute Gasteiger partial charge is 0.347 e. The first-order valence-electron chi connectivity index (χ1n) is 5.38. The molecule has 16 heavy (non-hydrogen) atoms. The van der Waals surface area contributed by atoms with Crippen LogP contribution in [0.2, 0.25) is 0 Å². The lowest BCUT2D eigenvalue weighted by atomic mass is 10.00. The molecule has 0 spiro atoms. The summed E-state index contributed by atoms with van der Waals surface area (Å²) in [4.78, 5) is 25.0. The molecule has 94 valence electrons. The van der Waals surface area contributed by atoms with Crippen molar-refractivity contribution in [2.75, 3.05) is 14.1 Å². The molecule has 0 heterocycles. The molecule has 0 aromatic heterocycles. The molecule has 0 rings (SSSR count). The second-order valence-electron chi connectivity index (χ2n) is 5.15. The molecule has 5 nitrogen and oxygen atoms in total. The molecular weight excluding hydrogens is 206 g/mol. The van der Waals surface area contributed by atoms with Gasteiger partial charge in [-0.3, -0.25) is 9.59 Å². The number of hydrogen-bond acceptors (Lipinski definition) is 3. The van der Waals surface area contributed by atoms with Gasteiger partial charge in [-0.2, -0.15) is 0 Å². The van der Waals surface area contributed by atoms with Gasteiger partial charge in [0.15, 0.2) is 0 Å². The van der Waals surface area contributed by atoms with Gasteiger partial charge in [0.05, 0.1) is 5.54 Å². The van der Waals surface area contributed by atoms with E-state index in [4.69, 9.17) is 5.73 Å². The van der Waals surface area contributed by atoms with Crippen LogP contribution in [0.5, 0.6) is 0 Å². The van der Waals surface area contributed by atoms with Crippen molar-refractivity contribution >= 4 is 11.8 Å². The van der Waals surface area contributed by atoms with Crippen LogP contribution in [0.15, 0.2) is 0 Å². The number of hydrogen-bond donors (Lipinski definition) is 2. The van der Waals surface area contributed by atoms with Gasteiger partial charge in [-0.05, 0) is 19.8 Å². The van der Waals surface area contributed by atoms with Gasteiger partial charge in [-0.15, -0.1) is 0 Å². The SMILES string of the molecule is CC(C)[C@H](NC(=O)C(C)(C)N)C(=O)N(C)C. The second kappa shape index (κ2) is 5.30. The number of nitrogens with two attached hydrogens (primary N) is 1. The van der Waals surface area contributed by atoms with Crippen molar-refractivity contribution in [1.29, 1.82) is 0 Å². The smallest absolute Gasteiger partial charge is 0.244 e. The van der Waals surface area contributed by atoms with E-state index in [1.165, 1.54) is 4.90 Å². The molecule has 0 bridgehead atoms. The van der Waals surface area contributed by atoms with Crippen molar-refractivity contribution in [2.24, 2.45) is 11.7 Å². The summed E-state index contributed by atoms with van der Waals surface area (Å²) in [6.45, 7) is 6.99. The van der Waals surface area contributed by atoms with Crippen molar-refractivity contribution in [1.82, 2.24) is 10.2 Å². The Bertz CT molecular complexity index is 267. The zero-order valence-electron chi connectivity index (χ0n) is 11.0. The molecule has 0 unspecified atom stereocenters. The normalized spacial score (nSPS) is 13.5. The third-order valence-electron chi connectivity index (χ3n) is 2.25. The quantitative estimate of drug-likeness (QED) is 0.710. The maximum absolute atomic E-state index is 11.8. The average molecular weight is 229 g/mol.